The number of hydrogen-bond acceptors (Lipinski definition) is 0. The maximum Gasteiger partial charge on any atom is -0.0149 e. The van der Waals surface area contributed by atoms with Gasteiger partial charge in [-0.1, -0.05) is 50.3 Å². The highest BCUT2D eigenvalue weighted by Gasteiger charge is 2.16. The largest absolute Gasteiger partial charge is 0.103 e. The summed E-state index contributed by atoms with van der Waals surface area (Å²) in [6.45, 7) is 8.43. The topological polar surface area (TPSA) is 0 Å². The van der Waals surface area contributed by atoms with Crippen molar-refractivity contribution in [1.29, 1.82) is 0 Å². The Kier molecular flexibility index (Phi) is 3.94. The summed E-state index contributed by atoms with van der Waals surface area (Å²) in [5.74, 6) is 0. The lowest BCUT2D eigenvalue weighted by Gasteiger charge is -2.23. The average molecular weight is 188 g/mol. The fourth-order valence-electron chi connectivity index (χ4n) is 1.50. The molecule has 0 aliphatic heterocycles. The Hall–Kier alpha value is -1.04. The smallest absolute Gasteiger partial charge is 0.0149 e. The van der Waals surface area contributed by atoms with Gasteiger partial charge in [0, 0.05) is 0 Å². The second kappa shape index (κ2) is 4.99. The van der Waals surface area contributed by atoms with Gasteiger partial charge < -0.3 is 0 Å². The molecule has 0 radical (unpaired) electrons. The SMILES string of the molecule is C=C[C@@](C)(CC)CCc1ccccc1. The molecular weight excluding hydrogens is 168 g/mol. The van der Waals surface area contributed by atoms with E-state index in [1.807, 2.05) is 0 Å². The lowest BCUT2D eigenvalue weighted by molar-refractivity contribution is 0.378. The van der Waals surface area contributed by atoms with Crippen molar-refractivity contribution in [3.05, 3.63) is 48.6 Å². The van der Waals surface area contributed by atoms with Gasteiger partial charge in [-0.25, -0.2) is 0 Å². The summed E-state index contributed by atoms with van der Waals surface area (Å²) >= 11 is 0. The summed E-state index contributed by atoms with van der Waals surface area (Å²) < 4.78 is 0. The molecule has 0 nitrogen and oxygen atoms in total. The third kappa shape index (κ3) is 3.02. The van der Waals surface area contributed by atoms with Gasteiger partial charge in [-0.15, -0.1) is 6.58 Å². The summed E-state index contributed by atoms with van der Waals surface area (Å²) in [6, 6.07) is 10.7. The van der Waals surface area contributed by atoms with Crippen LogP contribution in [-0.2, 0) is 6.42 Å². The molecule has 1 atom stereocenters. The average Bonchev–Trinajstić information content (AvgIpc) is 2.27. The van der Waals surface area contributed by atoms with Gasteiger partial charge in [0.1, 0.15) is 0 Å². The fourth-order valence-corrected chi connectivity index (χ4v) is 1.50. The van der Waals surface area contributed by atoms with Gasteiger partial charge in [0.2, 0.25) is 0 Å². The highest BCUT2D eigenvalue weighted by atomic mass is 14.2. The summed E-state index contributed by atoms with van der Waals surface area (Å²) in [5.41, 5.74) is 1.73. The quantitative estimate of drug-likeness (QED) is 0.607. The Morgan fingerprint density at radius 1 is 1.29 bits per heavy atom. The Balaban J connectivity index is 2.52. The minimum absolute atomic E-state index is 0.301. The molecule has 1 aromatic carbocycles. The molecule has 0 unspecified atom stereocenters. The van der Waals surface area contributed by atoms with E-state index in [2.05, 4.69) is 56.8 Å². The van der Waals surface area contributed by atoms with E-state index in [-0.39, 0.29) is 0 Å². The molecule has 1 aromatic rings. The van der Waals surface area contributed by atoms with Crippen LogP contribution in [0.3, 0.4) is 0 Å². The minimum atomic E-state index is 0.301. The van der Waals surface area contributed by atoms with Crippen molar-refractivity contribution in [1.82, 2.24) is 0 Å². The summed E-state index contributed by atoms with van der Waals surface area (Å²) in [5, 5.41) is 0. The van der Waals surface area contributed by atoms with Gasteiger partial charge >= 0.3 is 0 Å². The number of aryl methyl sites for hydroxylation is 1. The number of hydrogen-bond donors (Lipinski definition) is 0. The predicted octanol–water partition coefficient (Wildman–Crippen LogP) is 4.22. The molecule has 76 valence electrons. The first-order valence-electron chi connectivity index (χ1n) is 5.38. The monoisotopic (exact) mass is 188 g/mol. The molecule has 0 saturated heterocycles. The molecule has 0 N–H and O–H groups in total. The summed E-state index contributed by atoms with van der Waals surface area (Å²) in [7, 11) is 0. The number of allylic oxidation sites excluding steroid dienone is 1. The molecule has 0 aliphatic carbocycles. The van der Waals surface area contributed by atoms with Crippen molar-refractivity contribution in [3.8, 4) is 0 Å². The van der Waals surface area contributed by atoms with Crippen LogP contribution in [0.15, 0.2) is 43.0 Å². The second-order valence-corrected chi connectivity index (χ2v) is 4.20. The Bertz CT molecular complexity index is 273. The molecular formula is C14H20. The van der Waals surface area contributed by atoms with E-state index in [9.17, 15) is 0 Å². The highest BCUT2D eigenvalue weighted by Crippen LogP contribution is 2.28. The first kappa shape index (κ1) is 11.0. The Morgan fingerprint density at radius 3 is 2.43 bits per heavy atom. The lowest BCUT2D eigenvalue weighted by atomic mass is 9.82. The lowest BCUT2D eigenvalue weighted by Crippen LogP contribution is -2.12. The second-order valence-electron chi connectivity index (χ2n) is 4.20. The van der Waals surface area contributed by atoms with Gasteiger partial charge in [0.05, 0.1) is 0 Å². The van der Waals surface area contributed by atoms with Crippen molar-refractivity contribution in [2.45, 2.75) is 33.1 Å². The molecule has 1 rings (SSSR count). The van der Waals surface area contributed by atoms with E-state index in [1.54, 1.807) is 0 Å². The molecule has 0 saturated carbocycles. The zero-order valence-electron chi connectivity index (χ0n) is 9.29. The number of benzene rings is 1. The zero-order valence-corrected chi connectivity index (χ0v) is 9.29. The molecule has 0 aliphatic rings. The summed E-state index contributed by atoms with van der Waals surface area (Å²) in [4.78, 5) is 0. The number of rotatable bonds is 5. The van der Waals surface area contributed by atoms with Crippen LogP contribution in [0.2, 0.25) is 0 Å². The van der Waals surface area contributed by atoms with Crippen molar-refractivity contribution in [3.63, 3.8) is 0 Å². The van der Waals surface area contributed by atoms with Crippen molar-refractivity contribution in [2.24, 2.45) is 5.41 Å². The van der Waals surface area contributed by atoms with E-state index in [0.717, 1.165) is 6.42 Å². The first-order chi connectivity index (χ1) is 6.70. The third-order valence-corrected chi connectivity index (χ3v) is 3.13. The van der Waals surface area contributed by atoms with Crippen LogP contribution in [0.4, 0.5) is 0 Å². The molecule has 0 bridgehead atoms. The molecule has 0 spiro atoms. The molecule has 14 heavy (non-hydrogen) atoms. The maximum atomic E-state index is 3.92. The van der Waals surface area contributed by atoms with Crippen LogP contribution in [0.1, 0.15) is 32.3 Å². The molecule has 0 aromatic heterocycles. The van der Waals surface area contributed by atoms with E-state index >= 15 is 0 Å². The van der Waals surface area contributed by atoms with Crippen molar-refractivity contribution in [2.75, 3.05) is 0 Å². The normalized spacial score (nSPS) is 14.7. The van der Waals surface area contributed by atoms with Gasteiger partial charge in [-0.3, -0.25) is 0 Å². The first-order valence-corrected chi connectivity index (χ1v) is 5.38. The highest BCUT2D eigenvalue weighted by molar-refractivity contribution is 5.15. The van der Waals surface area contributed by atoms with Crippen LogP contribution >= 0.6 is 0 Å². The molecule has 0 amide bonds. The van der Waals surface area contributed by atoms with Crippen LogP contribution in [0.25, 0.3) is 0 Å². The van der Waals surface area contributed by atoms with E-state index in [1.165, 1.54) is 18.4 Å². The minimum Gasteiger partial charge on any atom is -0.103 e. The maximum absolute atomic E-state index is 3.92. The van der Waals surface area contributed by atoms with Crippen molar-refractivity contribution < 1.29 is 0 Å². The van der Waals surface area contributed by atoms with Gasteiger partial charge in [0.25, 0.3) is 0 Å². The zero-order chi connectivity index (χ0) is 10.4. The third-order valence-electron chi connectivity index (χ3n) is 3.13. The van der Waals surface area contributed by atoms with Crippen molar-refractivity contribution >= 4 is 0 Å². The van der Waals surface area contributed by atoms with Crippen LogP contribution in [0.5, 0.6) is 0 Å². The molecule has 0 heterocycles. The van der Waals surface area contributed by atoms with E-state index in [0.29, 0.717) is 5.41 Å². The van der Waals surface area contributed by atoms with Crippen LogP contribution in [0, 0.1) is 5.41 Å². The standard InChI is InChI=1S/C14H20/c1-4-14(3,5-2)12-11-13-9-7-6-8-10-13/h4,6-10H,1,5,11-12H2,2-3H3/t14-/m0/s1. The Morgan fingerprint density at radius 2 is 1.93 bits per heavy atom. The predicted molar refractivity (Wildman–Crippen MR) is 63.4 cm³/mol. The van der Waals surface area contributed by atoms with Gasteiger partial charge in [0.15, 0.2) is 0 Å². The van der Waals surface area contributed by atoms with E-state index in [4.69, 9.17) is 0 Å². The molecule has 0 fully saturated rings. The van der Waals surface area contributed by atoms with E-state index < -0.39 is 0 Å². The molecule has 0 heteroatoms. The van der Waals surface area contributed by atoms with Gasteiger partial charge in [-0.05, 0) is 30.2 Å². The van der Waals surface area contributed by atoms with Crippen LogP contribution in [-0.4, -0.2) is 0 Å². The van der Waals surface area contributed by atoms with Crippen LogP contribution < -0.4 is 0 Å². The fraction of sp³-hybridized carbons (Fsp3) is 0.429. The summed E-state index contributed by atoms with van der Waals surface area (Å²) in [6.07, 6.45) is 5.60. The Labute approximate surface area is 87.7 Å². The van der Waals surface area contributed by atoms with Gasteiger partial charge in [-0.2, -0.15) is 0 Å².